The number of rotatable bonds is 8. The van der Waals surface area contributed by atoms with E-state index in [1.165, 1.54) is 5.56 Å². The van der Waals surface area contributed by atoms with Gasteiger partial charge in [-0.2, -0.15) is 0 Å². The molecule has 0 aliphatic carbocycles. The Morgan fingerprint density at radius 2 is 1.96 bits per heavy atom. The van der Waals surface area contributed by atoms with Crippen LogP contribution in [0, 0.1) is 5.92 Å². The number of amides is 1. The van der Waals surface area contributed by atoms with Crippen molar-refractivity contribution in [1.82, 2.24) is 5.32 Å². The zero-order chi connectivity index (χ0) is 18.2. The molecule has 0 bridgehead atoms. The van der Waals surface area contributed by atoms with Gasteiger partial charge in [0.1, 0.15) is 18.1 Å². The smallest absolute Gasteiger partial charge is 0.255 e. The molecule has 138 valence electrons. The van der Waals surface area contributed by atoms with Crippen molar-refractivity contribution >= 4 is 5.91 Å². The molecule has 5 heteroatoms. The molecule has 1 aliphatic heterocycles. The Morgan fingerprint density at radius 3 is 2.85 bits per heavy atom. The van der Waals surface area contributed by atoms with Crippen molar-refractivity contribution in [2.75, 3.05) is 33.0 Å². The first-order valence-corrected chi connectivity index (χ1v) is 9.06. The molecule has 0 aromatic heterocycles. The molecule has 1 heterocycles. The number of ether oxygens (including phenoxy) is 3. The van der Waals surface area contributed by atoms with Gasteiger partial charge in [-0.15, -0.1) is 0 Å². The Kier molecular flexibility index (Phi) is 6.50. The predicted molar refractivity (Wildman–Crippen MR) is 99.9 cm³/mol. The van der Waals surface area contributed by atoms with Gasteiger partial charge in [-0.05, 0) is 37.1 Å². The Labute approximate surface area is 154 Å². The minimum Gasteiger partial charge on any atom is -0.493 e. The Morgan fingerprint density at radius 1 is 1.15 bits per heavy atom. The number of nitrogens with one attached hydrogen (secondary N) is 1. The maximum Gasteiger partial charge on any atom is 0.255 e. The molecule has 1 unspecified atom stereocenters. The quantitative estimate of drug-likeness (QED) is 0.740. The monoisotopic (exact) mass is 355 g/mol. The molecule has 2 aromatic rings. The largest absolute Gasteiger partial charge is 0.493 e. The van der Waals surface area contributed by atoms with Gasteiger partial charge >= 0.3 is 0 Å². The number of para-hydroxylation sites is 2. The van der Waals surface area contributed by atoms with Crippen molar-refractivity contribution in [3.63, 3.8) is 0 Å². The number of benzene rings is 2. The lowest BCUT2D eigenvalue weighted by atomic mass is 9.96. The van der Waals surface area contributed by atoms with Crippen molar-refractivity contribution in [2.24, 2.45) is 5.92 Å². The van der Waals surface area contributed by atoms with Crippen LogP contribution in [0.15, 0.2) is 48.5 Å². The predicted octanol–water partition coefficient (Wildman–Crippen LogP) is 3.08. The van der Waals surface area contributed by atoms with Crippen LogP contribution in [-0.4, -0.2) is 38.9 Å². The molecule has 1 aliphatic rings. The van der Waals surface area contributed by atoms with Crippen molar-refractivity contribution in [1.29, 1.82) is 0 Å². The lowest BCUT2D eigenvalue weighted by Crippen LogP contribution is -2.35. The van der Waals surface area contributed by atoms with Crippen LogP contribution in [0.25, 0.3) is 0 Å². The van der Waals surface area contributed by atoms with Gasteiger partial charge in [0.25, 0.3) is 5.91 Å². The van der Waals surface area contributed by atoms with Crippen LogP contribution < -0.4 is 14.8 Å². The zero-order valence-electron chi connectivity index (χ0n) is 15.1. The standard InChI is InChI=1S/C21H25NO4/c1-2-24-11-12-25-20-10-6-4-8-18(20)21(23)22-14-16-13-17-7-3-5-9-19(17)26-15-16/h3-10,16H,2,11-15H2,1H3,(H,22,23). The molecule has 3 rings (SSSR count). The van der Waals surface area contributed by atoms with E-state index in [-0.39, 0.29) is 11.8 Å². The Bertz CT molecular complexity index is 731. The number of hydrogen-bond acceptors (Lipinski definition) is 4. The molecule has 2 aromatic carbocycles. The highest BCUT2D eigenvalue weighted by molar-refractivity contribution is 5.96. The molecule has 1 amide bonds. The third kappa shape index (κ3) is 4.76. The summed E-state index contributed by atoms with van der Waals surface area (Å²) in [6, 6.07) is 15.3. The molecule has 1 atom stereocenters. The summed E-state index contributed by atoms with van der Waals surface area (Å²) in [7, 11) is 0. The second-order valence-corrected chi connectivity index (χ2v) is 6.24. The van der Waals surface area contributed by atoms with Crippen LogP contribution in [0.2, 0.25) is 0 Å². The fraction of sp³-hybridized carbons (Fsp3) is 0.381. The summed E-state index contributed by atoms with van der Waals surface area (Å²) in [6.07, 6.45) is 0.906. The molecule has 26 heavy (non-hydrogen) atoms. The lowest BCUT2D eigenvalue weighted by molar-refractivity contribution is 0.0923. The van der Waals surface area contributed by atoms with Gasteiger partial charge in [0.15, 0.2) is 0 Å². The summed E-state index contributed by atoms with van der Waals surface area (Å²) < 4.78 is 16.7. The summed E-state index contributed by atoms with van der Waals surface area (Å²) in [5, 5.41) is 3.01. The molecule has 5 nitrogen and oxygen atoms in total. The van der Waals surface area contributed by atoms with Crippen LogP contribution in [0.4, 0.5) is 0 Å². The molecular weight excluding hydrogens is 330 g/mol. The Hall–Kier alpha value is -2.53. The summed E-state index contributed by atoms with van der Waals surface area (Å²) in [6.45, 7) is 4.70. The van der Waals surface area contributed by atoms with Crippen LogP contribution >= 0.6 is 0 Å². The van der Waals surface area contributed by atoms with Gasteiger partial charge in [0.2, 0.25) is 0 Å². The first-order chi connectivity index (χ1) is 12.8. The number of fused-ring (bicyclic) bond motifs is 1. The molecule has 0 saturated carbocycles. The van der Waals surface area contributed by atoms with E-state index >= 15 is 0 Å². The highest BCUT2D eigenvalue weighted by Gasteiger charge is 2.21. The summed E-state index contributed by atoms with van der Waals surface area (Å²) in [5.74, 6) is 1.66. The Balaban J connectivity index is 1.54. The first kappa shape index (κ1) is 18.3. The minimum absolute atomic E-state index is 0.129. The molecular formula is C21H25NO4. The van der Waals surface area contributed by atoms with Crippen molar-refractivity contribution in [2.45, 2.75) is 13.3 Å². The fourth-order valence-electron chi connectivity index (χ4n) is 2.99. The number of hydrogen-bond donors (Lipinski definition) is 1. The maximum atomic E-state index is 12.6. The molecule has 1 N–H and O–H groups in total. The lowest BCUT2D eigenvalue weighted by Gasteiger charge is -2.25. The second kappa shape index (κ2) is 9.25. The second-order valence-electron chi connectivity index (χ2n) is 6.24. The summed E-state index contributed by atoms with van der Waals surface area (Å²) in [4.78, 5) is 12.6. The average molecular weight is 355 g/mol. The van der Waals surface area contributed by atoms with Crippen LogP contribution in [0.5, 0.6) is 11.5 Å². The zero-order valence-corrected chi connectivity index (χ0v) is 15.1. The highest BCUT2D eigenvalue weighted by Crippen LogP contribution is 2.26. The summed E-state index contributed by atoms with van der Waals surface area (Å²) >= 11 is 0. The van der Waals surface area contributed by atoms with Gasteiger partial charge in [-0.1, -0.05) is 30.3 Å². The average Bonchev–Trinajstić information content (AvgIpc) is 2.69. The number of carbonyl (C=O) groups is 1. The topological polar surface area (TPSA) is 56.8 Å². The van der Waals surface area contributed by atoms with Crippen molar-refractivity contribution < 1.29 is 19.0 Å². The maximum absolute atomic E-state index is 12.6. The van der Waals surface area contributed by atoms with E-state index in [9.17, 15) is 4.79 Å². The number of carbonyl (C=O) groups excluding carboxylic acids is 1. The van der Waals surface area contributed by atoms with E-state index in [1.54, 1.807) is 12.1 Å². The van der Waals surface area contributed by atoms with Crippen LogP contribution in [-0.2, 0) is 11.2 Å². The van der Waals surface area contributed by atoms with Crippen LogP contribution in [0.1, 0.15) is 22.8 Å². The fourth-order valence-corrected chi connectivity index (χ4v) is 2.99. The SMILES string of the molecule is CCOCCOc1ccccc1C(=O)NCC1COc2ccccc2C1. The van der Waals surface area contributed by atoms with Gasteiger partial charge in [0.05, 0.1) is 18.8 Å². The normalized spacial score (nSPS) is 15.7. The molecule has 0 radical (unpaired) electrons. The van der Waals surface area contributed by atoms with E-state index in [4.69, 9.17) is 14.2 Å². The van der Waals surface area contributed by atoms with Gasteiger partial charge in [-0.25, -0.2) is 0 Å². The van der Waals surface area contributed by atoms with E-state index in [0.717, 1.165) is 12.2 Å². The van der Waals surface area contributed by atoms with Gasteiger partial charge in [0, 0.05) is 19.1 Å². The minimum atomic E-state index is -0.129. The third-order valence-electron chi connectivity index (χ3n) is 4.33. The first-order valence-electron chi connectivity index (χ1n) is 9.06. The van der Waals surface area contributed by atoms with E-state index in [2.05, 4.69) is 11.4 Å². The third-order valence-corrected chi connectivity index (χ3v) is 4.33. The van der Waals surface area contributed by atoms with Gasteiger partial charge in [-0.3, -0.25) is 4.79 Å². The summed E-state index contributed by atoms with van der Waals surface area (Å²) in [5.41, 5.74) is 1.73. The van der Waals surface area contributed by atoms with E-state index in [1.807, 2.05) is 37.3 Å². The highest BCUT2D eigenvalue weighted by atomic mass is 16.5. The van der Waals surface area contributed by atoms with E-state index < -0.39 is 0 Å². The molecule has 0 spiro atoms. The molecule has 0 fully saturated rings. The van der Waals surface area contributed by atoms with Crippen LogP contribution in [0.3, 0.4) is 0 Å². The molecule has 0 saturated heterocycles. The van der Waals surface area contributed by atoms with Crippen molar-refractivity contribution in [3.05, 3.63) is 59.7 Å². The van der Waals surface area contributed by atoms with E-state index in [0.29, 0.717) is 44.3 Å². The van der Waals surface area contributed by atoms with Gasteiger partial charge < -0.3 is 19.5 Å². The van der Waals surface area contributed by atoms with Crippen molar-refractivity contribution in [3.8, 4) is 11.5 Å².